The first-order valence-corrected chi connectivity index (χ1v) is 5.32. The number of halogens is 1. The lowest BCUT2D eigenvalue weighted by atomic mass is 10.3. The first-order valence-electron chi connectivity index (χ1n) is 4.13. The third-order valence-corrected chi connectivity index (χ3v) is 3.30. The van der Waals surface area contributed by atoms with Crippen LogP contribution >= 0.6 is 22.9 Å². The zero-order valence-electron chi connectivity index (χ0n) is 7.77. The number of aromatic nitrogens is 2. The zero-order valence-corrected chi connectivity index (χ0v) is 9.34. The Kier molecular flexibility index (Phi) is 2.50. The molecule has 0 unspecified atom stereocenters. The minimum Gasteiger partial charge on any atom is -0.477 e. The molecule has 0 radical (unpaired) electrons. The van der Waals surface area contributed by atoms with Gasteiger partial charge in [0.2, 0.25) is 0 Å². The summed E-state index contributed by atoms with van der Waals surface area (Å²) in [6.07, 6.45) is 1.69. The normalized spacial score (nSPS) is 10.5. The summed E-state index contributed by atoms with van der Waals surface area (Å²) >= 11 is 6.85. The topological polar surface area (TPSA) is 55.1 Å². The number of carbonyl (C=O) groups is 1. The van der Waals surface area contributed by atoms with Gasteiger partial charge in [-0.15, -0.1) is 11.3 Å². The third kappa shape index (κ3) is 1.88. The summed E-state index contributed by atoms with van der Waals surface area (Å²) in [7, 11) is 0. The summed E-state index contributed by atoms with van der Waals surface area (Å²) in [5.41, 5.74) is 0.731. The van der Waals surface area contributed by atoms with E-state index in [0.29, 0.717) is 10.0 Å². The van der Waals surface area contributed by atoms with Crippen molar-refractivity contribution < 1.29 is 9.90 Å². The maximum atomic E-state index is 10.8. The Labute approximate surface area is 94.7 Å². The molecule has 2 rings (SSSR count). The lowest BCUT2D eigenvalue weighted by Gasteiger charge is -1.92. The number of hydrogen-bond acceptors (Lipinski definition) is 3. The summed E-state index contributed by atoms with van der Waals surface area (Å²) in [6, 6.07) is 3.43. The second-order valence-corrected chi connectivity index (χ2v) is 4.40. The van der Waals surface area contributed by atoms with Crippen molar-refractivity contribution in [1.82, 2.24) is 9.78 Å². The van der Waals surface area contributed by atoms with E-state index in [1.807, 2.05) is 0 Å². The first-order chi connectivity index (χ1) is 7.08. The van der Waals surface area contributed by atoms with E-state index in [2.05, 4.69) is 5.10 Å². The molecule has 1 N–H and O–H groups in total. The van der Waals surface area contributed by atoms with Crippen molar-refractivity contribution in [3.8, 4) is 5.00 Å². The summed E-state index contributed by atoms with van der Waals surface area (Å²) in [4.78, 5) is 11.2. The largest absolute Gasteiger partial charge is 0.477 e. The van der Waals surface area contributed by atoms with Gasteiger partial charge in [0.15, 0.2) is 5.15 Å². The van der Waals surface area contributed by atoms with Crippen molar-refractivity contribution in [2.24, 2.45) is 0 Å². The summed E-state index contributed by atoms with van der Waals surface area (Å²) < 4.78 is 1.56. The van der Waals surface area contributed by atoms with Crippen LogP contribution in [0, 0.1) is 6.92 Å². The van der Waals surface area contributed by atoms with E-state index >= 15 is 0 Å². The minimum atomic E-state index is -0.915. The van der Waals surface area contributed by atoms with E-state index in [-0.39, 0.29) is 0 Å². The number of aromatic carboxylic acids is 1. The van der Waals surface area contributed by atoms with Crippen LogP contribution in [-0.4, -0.2) is 20.9 Å². The van der Waals surface area contributed by atoms with Crippen molar-refractivity contribution in [3.05, 3.63) is 33.9 Å². The van der Waals surface area contributed by atoms with Gasteiger partial charge in [0.1, 0.15) is 9.88 Å². The highest BCUT2D eigenvalue weighted by Gasteiger charge is 2.13. The van der Waals surface area contributed by atoms with E-state index in [4.69, 9.17) is 16.7 Å². The van der Waals surface area contributed by atoms with Crippen molar-refractivity contribution in [3.63, 3.8) is 0 Å². The monoisotopic (exact) mass is 242 g/mol. The van der Waals surface area contributed by atoms with Gasteiger partial charge >= 0.3 is 5.97 Å². The molecule has 78 valence electrons. The number of hydrogen-bond donors (Lipinski definition) is 1. The fourth-order valence-electron chi connectivity index (χ4n) is 1.21. The van der Waals surface area contributed by atoms with E-state index in [1.165, 1.54) is 11.3 Å². The van der Waals surface area contributed by atoms with Gasteiger partial charge in [0.25, 0.3) is 0 Å². The van der Waals surface area contributed by atoms with Crippen LogP contribution in [0.1, 0.15) is 15.2 Å². The van der Waals surface area contributed by atoms with Crippen molar-refractivity contribution in [1.29, 1.82) is 0 Å². The van der Waals surface area contributed by atoms with Gasteiger partial charge in [-0.2, -0.15) is 5.10 Å². The molecule has 0 aromatic carbocycles. The molecule has 0 aliphatic heterocycles. The lowest BCUT2D eigenvalue weighted by molar-refractivity contribution is 0.0701. The molecule has 15 heavy (non-hydrogen) atoms. The Morgan fingerprint density at radius 2 is 2.40 bits per heavy atom. The van der Waals surface area contributed by atoms with Crippen LogP contribution in [0.3, 0.4) is 0 Å². The Balaban J connectivity index is 2.46. The third-order valence-electron chi connectivity index (χ3n) is 1.88. The predicted molar refractivity (Wildman–Crippen MR) is 58.1 cm³/mol. The van der Waals surface area contributed by atoms with Gasteiger partial charge < -0.3 is 5.11 Å². The maximum absolute atomic E-state index is 10.8. The average molecular weight is 243 g/mol. The molecule has 6 heteroatoms. The minimum absolute atomic E-state index is 0.330. The molecule has 2 aromatic rings. The molecule has 0 saturated heterocycles. The smallest absolute Gasteiger partial charge is 0.346 e. The molecule has 0 aliphatic carbocycles. The Bertz CT molecular complexity index is 518. The number of carboxylic acid groups (broad SMARTS) is 1. The summed E-state index contributed by atoms with van der Waals surface area (Å²) in [6.45, 7) is 1.76. The molecule has 4 nitrogen and oxygen atoms in total. The fraction of sp³-hybridized carbons (Fsp3) is 0.111. The molecule has 2 heterocycles. The Morgan fingerprint density at radius 3 is 2.87 bits per heavy atom. The highest BCUT2D eigenvalue weighted by atomic mass is 35.5. The van der Waals surface area contributed by atoms with Crippen molar-refractivity contribution in [2.75, 3.05) is 0 Å². The molecule has 0 aliphatic rings. The van der Waals surface area contributed by atoms with Crippen molar-refractivity contribution >= 4 is 28.9 Å². The standard InChI is InChI=1S/C9H7ClN2O2S/c1-5-4-7(15-8(5)9(13)14)12-3-2-6(10)11-12/h2-4H,1H3,(H,13,14). The quantitative estimate of drug-likeness (QED) is 0.881. The lowest BCUT2D eigenvalue weighted by Crippen LogP contribution is -1.93. The van der Waals surface area contributed by atoms with Crippen LogP contribution in [-0.2, 0) is 0 Å². The van der Waals surface area contributed by atoms with E-state index in [1.54, 1.807) is 29.9 Å². The van der Waals surface area contributed by atoms with Gasteiger partial charge in [-0.25, -0.2) is 9.48 Å². The highest BCUT2D eigenvalue weighted by Crippen LogP contribution is 2.25. The summed E-state index contributed by atoms with van der Waals surface area (Å²) in [5, 5.41) is 14.0. The Morgan fingerprint density at radius 1 is 1.67 bits per heavy atom. The Hall–Kier alpha value is -1.33. The second kappa shape index (κ2) is 3.67. The SMILES string of the molecule is Cc1cc(-n2ccc(Cl)n2)sc1C(=O)O. The van der Waals surface area contributed by atoms with Crippen LogP contribution in [0.4, 0.5) is 0 Å². The molecule has 2 aromatic heterocycles. The van der Waals surface area contributed by atoms with Crippen LogP contribution in [0.15, 0.2) is 18.3 Å². The summed E-state index contributed by atoms with van der Waals surface area (Å²) in [5.74, 6) is -0.915. The van der Waals surface area contributed by atoms with Gasteiger partial charge in [-0.3, -0.25) is 0 Å². The van der Waals surface area contributed by atoms with Crippen LogP contribution in [0.25, 0.3) is 5.00 Å². The molecule has 0 fully saturated rings. The molecular weight excluding hydrogens is 236 g/mol. The van der Waals surface area contributed by atoms with E-state index < -0.39 is 5.97 Å². The zero-order chi connectivity index (χ0) is 11.0. The number of nitrogens with zero attached hydrogens (tertiary/aromatic N) is 2. The molecule has 0 spiro atoms. The number of carboxylic acids is 1. The molecule has 0 atom stereocenters. The number of aryl methyl sites for hydroxylation is 1. The van der Waals surface area contributed by atoms with Crippen molar-refractivity contribution in [2.45, 2.75) is 6.92 Å². The van der Waals surface area contributed by atoms with Crippen LogP contribution < -0.4 is 0 Å². The molecular formula is C9H7ClN2O2S. The molecule has 0 amide bonds. The van der Waals surface area contributed by atoms with Crippen LogP contribution in [0.2, 0.25) is 5.15 Å². The fourth-order valence-corrected chi connectivity index (χ4v) is 2.30. The molecule has 0 saturated carbocycles. The van der Waals surface area contributed by atoms with Gasteiger partial charge in [-0.1, -0.05) is 11.6 Å². The maximum Gasteiger partial charge on any atom is 0.346 e. The highest BCUT2D eigenvalue weighted by molar-refractivity contribution is 7.16. The number of rotatable bonds is 2. The second-order valence-electron chi connectivity index (χ2n) is 2.98. The average Bonchev–Trinajstić information content (AvgIpc) is 2.71. The van der Waals surface area contributed by atoms with Gasteiger partial charge in [0.05, 0.1) is 0 Å². The van der Waals surface area contributed by atoms with E-state index in [0.717, 1.165) is 10.6 Å². The van der Waals surface area contributed by atoms with E-state index in [9.17, 15) is 4.79 Å². The van der Waals surface area contributed by atoms with Crippen LogP contribution in [0.5, 0.6) is 0 Å². The predicted octanol–water partition coefficient (Wildman–Crippen LogP) is 2.59. The van der Waals surface area contributed by atoms with Gasteiger partial charge in [0, 0.05) is 6.20 Å². The first kappa shape index (κ1) is 10.2. The number of thiophene rings is 1. The van der Waals surface area contributed by atoms with Gasteiger partial charge in [-0.05, 0) is 24.6 Å². The molecule has 0 bridgehead atoms.